The van der Waals surface area contributed by atoms with Gasteiger partial charge < -0.3 is 4.74 Å². The van der Waals surface area contributed by atoms with Gasteiger partial charge in [0.05, 0.1) is 5.92 Å². The maximum absolute atomic E-state index is 11.0. The Morgan fingerprint density at radius 1 is 1.50 bits per heavy atom. The number of hydrogen-bond donors (Lipinski definition) is 0. The molecule has 1 radical (unpaired) electrons. The van der Waals surface area contributed by atoms with Crippen LogP contribution in [0, 0.1) is 12.5 Å². The van der Waals surface area contributed by atoms with Crippen LogP contribution >= 0.6 is 0 Å². The second-order valence-corrected chi connectivity index (χ2v) is 2.19. The smallest absolute Gasteiger partial charge is 0.309 e. The maximum atomic E-state index is 11.0. The zero-order valence-electron chi connectivity index (χ0n) is 6.89. The predicted octanol–water partition coefficient (Wildman–Crippen LogP) is 2.15. The monoisotopic (exact) mass is 143 g/mol. The average molecular weight is 143 g/mol. The van der Waals surface area contributed by atoms with Crippen LogP contribution in [0.25, 0.3) is 0 Å². The lowest BCUT2D eigenvalue weighted by atomic mass is 10.0. The quantitative estimate of drug-likeness (QED) is 0.563. The van der Waals surface area contributed by atoms with Crippen molar-refractivity contribution in [2.45, 2.75) is 33.6 Å². The van der Waals surface area contributed by atoms with Crippen LogP contribution in [0.1, 0.15) is 33.6 Å². The molecule has 0 unspecified atom stereocenters. The first-order chi connectivity index (χ1) is 4.76. The van der Waals surface area contributed by atoms with E-state index in [2.05, 4.69) is 0 Å². The molecule has 0 heterocycles. The van der Waals surface area contributed by atoms with Gasteiger partial charge in [-0.15, -0.1) is 0 Å². The molecular weight excluding hydrogens is 128 g/mol. The zero-order chi connectivity index (χ0) is 7.98. The van der Waals surface area contributed by atoms with E-state index in [1.807, 2.05) is 13.8 Å². The van der Waals surface area contributed by atoms with Crippen molar-refractivity contribution in [2.24, 2.45) is 5.92 Å². The predicted molar refractivity (Wildman–Crippen MR) is 40.1 cm³/mol. The lowest BCUT2D eigenvalue weighted by Crippen LogP contribution is -2.14. The Morgan fingerprint density at radius 2 is 2.00 bits per heavy atom. The van der Waals surface area contributed by atoms with Crippen molar-refractivity contribution in [3.63, 3.8) is 0 Å². The second kappa shape index (κ2) is 5.27. The number of esters is 1. The van der Waals surface area contributed by atoms with Gasteiger partial charge in [-0.05, 0) is 19.8 Å². The first-order valence-corrected chi connectivity index (χ1v) is 3.74. The largest absolute Gasteiger partial charge is 0.459 e. The zero-order valence-corrected chi connectivity index (χ0v) is 6.89. The fourth-order valence-corrected chi connectivity index (χ4v) is 0.834. The van der Waals surface area contributed by atoms with Gasteiger partial charge in [0.2, 0.25) is 0 Å². The average Bonchev–Trinajstić information content (AvgIpc) is 1.91. The third-order valence-electron chi connectivity index (χ3n) is 1.55. The van der Waals surface area contributed by atoms with Crippen LogP contribution < -0.4 is 0 Å². The van der Waals surface area contributed by atoms with Crippen LogP contribution in [-0.2, 0) is 9.53 Å². The Balaban J connectivity index is 3.65. The highest BCUT2D eigenvalue weighted by Gasteiger charge is 2.14. The Morgan fingerprint density at radius 3 is 2.30 bits per heavy atom. The summed E-state index contributed by atoms with van der Waals surface area (Å²) in [5.41, 5.74) is 0. The molecule has 0 N–H and O–H groups in total. The van der Waals surface area contributed by atoms with Gasteiger partial charge in [0.15, 0.2) is 0 Å². The molecule has 2 heteroatoms. The molecule has 0 amide bonds. The number of carbonyl (C=O) groups excluding carboxylic acids is 1. The van der Waals surface area contributed by atoms with Gasteiger partial charge in [-0.25, -0.2) is 0 Å². The molecule has 0 aromatic rings. The minimum absolute atomic E-state index is 0.0798. The van der Waals surface area contributed by atoms with E-state index in [4.69, 9.17) is 4.74 Å². The Hall–Kier alpha value is -0.530. The summed E-state index contributed by atoms with van der Waals surface area (Å²) >= 11 is 0. The molecule has 0 spiro atoms. The summed E-state index contributed by atoms with van der Waals surface area (Å²) in [6.07, 6.45) is 1.73. The summed E-state index contributed by atoms with van der Waals surface area (Å²) in [5.74, 6) is -0.0244. The number of ether oxygens (including phenoxy) is 1. The maximum Gasteiger partial charge on any atom is 0.309 e. The van der Waals surface area contributed by atoms with E-state index in [0.717, 1.165) is 12.8 Å². The standard InChI is InChI=1S/C8H15O2/c1-4-7(5-2)8(9)10-6-3/h6-7H,4-5H2,1-3H3. The molecule has 0 rings (SSSR count). The van der Waals surface area contributed by atoms with Crippen molar-refractivity contribution < 1.29 is 9.53 Å². The molecular formula is C8H15O2. The highest BCUT2D eigenvalue weighted by Crippen LogP contribution is 2.09. The molecule has 0 aliphatic rings. The van der Waals surface area contributed by atoms with E-state index >= 15 is 0 Å². The summed E-state index contributed by atoms with van der Waals surface area (Å²) in [5, 5.41) is 0. The van der Waals surface area contributed by atoms with E-state index in [1.54, 1.807) is 6.92 Å². The normalized spacial score (nSPS) is 10.0. The van der Waals surface area contributed by atoms with Gasteiger partial charge in [-0.3, -0.25) is 4.79 Å². The van der Waals surface area contributed by atoms with Crippen molar-refractivity contribution in [1.29, 1.82) is 0 Å². The molecule has 0 fully saturated rings. The molecule has 2 nitrogen and oxygen atoms in total. The van der Waals surface area contributed by atoms with E-state index in [0.29, 0.717) is 0 Å². The van der Waals surface area contributed by atoms with E-state index in [-0.39, 0.29) is 11.9 Å². The molecule has 0 saturated carbocycles. The fraction of sp³-hybridized carbons (Fsp3) is 0.750. The van der Waals surface area contributed by atoms with Gasteiger partial charge in [-0.2, -0.15) is 0 Å². The third-order valence-corrected chi connectivity index (χ3v) is 1.55. The molecule has 0 bridgehead atoms. The van der Waals surface area contributed by atoms with Gasteiger partial charge >= 0.3 is 5.97 Å². The van der Waals surface area contributed by atoms with Gasteiger partial charge in [0.25, 0.3) is 0 Å². The van der Waals surface area contributed by atoms with Crippen LogP contribution in [0.2, 0.25) is 0 Å². The van der Waals surface area contributed by atoms with Crippen molar-refractivity contribution in [2.75, 3.05) is 0 Å². The first kappa shape index (κ1) is 9.47. The lowest BCUT2D eigenvalue weighted by Gasteiger charge is -2.09. The second-order valence-electron chi connectivity index (χ2n) is 2.19. The fourth-order valence-electron chi connectivity index (χ4n) is 0.834. The summed E-state index contributed by atoms with van der Waals surface area (Å²) in [6, 6.07) is 0. The molecule has 59 valence electrons. The van der Waals surface area contributed by atoms with Crippen molar-refractivity contribution >= 4 is 5.97 Å². The van der Waals surface area contributed by atoms with Crippen molar-refractivity contribution in [3.05, 3.63) is 6.61 Å². The van der Waals surface area contributed by atoms with E-state index in [1.165, 1.54) is 6.61 Å². The van der Waals surface area contributed by atoms with Crippen molar-refractivity contribution in [3.8, 4) is 0 Å². The molecule has 0 atom stereocenters. The highest BCUT2D eigenvalue weighted by molar-refractivity contribution is 5.72. The van der Waals surface area contributed by atoms with E-state index in [9.17, 15) is 4.79 Å². The summed E-state index contributed by atoms with van der Waals surface area (Å²) in [7, 11) is 0. The molecule has 0 aromatic carbocycles. The SMILES string of the molecule is C[CH]OC(=O)C(CC)CC. The number of rotatable bonds is 4. The van der Waals surface area contributed by atoms with Gasteiger partial charge in [-0.1, -0.05) is 13.8 Å². The minimum atomic E-state index is -0.104. The Labute approximate surface area is 62.6 Å². The number of carbonyl (C=O) groups is 1. The molecule has 0 saturated heterocycles. The third kappa shape index (κ3) is 2.85. The summed E-state index contributed by atoms with van der Waals surface area (Å²) in [6.45, 7) is 7.12. The van der Waals surface area contributed by atoms with Crippen LogP contribution in [0.5, 0.6) is 0 Å². The Kier molecular flexibility index (Phi) is 4.99. The van der Waals surface area contributed by atoms with Crippen molar-refractivity contribution in [1.82, 2.24) is 0 Å². The molecule has 10 heavy (non-hydrogen) atoms. The van der Waals surface area contributed by atoms with Crippen LogP contribution in [-0.4, -0.2) is 5.97 Å². The molecule has 0 aliphatic carbocycles. The van der Waals surface area contributed by atoms with E-state index < -0.39 is 0 Å². The summed E-state index contributed by atoms with van der Waals surface area (Å²) < 4.78 is 4.72. The van der Waals surface area contributed by atoms with Crippen LogP contribution in [0.4, 0.5) is 0 Å². The minimum Gasteiger partial charge on any atom is -0.459 e. The first-order valence-electron chi connectivity index (χ1n) is 3.74. The highest BCUT2D eigenvalue weighted by atomic mass is 16.5. The molecule has 0 aromatic heterocycles. The summed E-state index contributed by atoms with van der Waals surface area (Å²) in [4.78, 5) is 11.0. The topological polar surface area (TPSA) is 26.3 Å². The Bertz CT molecular complexity index is 95.4. The van der Waals surface area contributed by atoms with Crippen LogP contribution in [0.3, 0.4) is 0 Å². The lowest BCUT2D eigenvalue weighted by molar-refractivity contribution is -0.144. The van der Waals surface area contributed by atoms with Gasteiger partial charge in [0, 0.05) is 0 Å². The van der Waals surface area contributed by atoms with Crippen LogP contribution in [0.15, 0.2) is 0 Å². The number of hydrogen-bond acceptors (Lipinski definition) is 2. The van der Waals surface area contributed by atoms with Gasteiger partial charge in [0.1, 0.15) is 6.61 Å². The molecule has 0 aliphatic heterocycles.